The summed E-state index contributed by atoms with van der Waals surface area (Å²) in [5, 5.41) is 6.76. The molecule has 1 fully saturated rings. The molecule has 0 radical (unpaired) electrons. The number of aryl methyl sites for hydroxylation is 1. The number of likely N-dealkylation sites (tertiary alicyclic amines) is 1. The molecular weight excluding hydrogens is 250 g/mol. The fraction of sp³-hybridized carbons (Fsp3) is 0.733. The van der Waals surface area contributed by atoms with Crippen LogP contribution in [0.1, 0.15) is 38.9 Å². The standard InChI is InChI=1S/C15H27N5/c1-4-7-16-14-10-15(19-13(3)18-14)17-11-12(2)20-8-5-6-9-20/h10,12H,4-9,11H2,1-3H3,(H2,16,17,18,19). The summed E-state index contributed by atoms with van der Waals surface area (Å²) < 4.78 is 0. The summed E-state index contributed by atoms with van der Waals surface area (Å²) >= 11 is 0. The summed E-state index contributed by atoms with van der Waals surface area (Å²) in [5.41, 5.74) is 0. The Morgan fingerprint density at radius 1 is 1.20 bits per heavy atom. The molecule has 0 aliphatic carbocycles. The van der Waals surface area contributed by atoms with Crippen molar-refractivity contribution < 1.29 is 0 Å². The average Bonchev–Trinajstić information content (AvgIpc) is 2.96. The van der Waals surface area contributed by atoms with Crippen LogP contribution in [0.15, 0.2) is 6.07 Å². The van der Waals surface area contributed by atoms with Crippen molar-refractivity contribution in [3.8, 4) is 0 Å². The molecular formula is C15H27N5. The Morgan fingerprint density at radius 2 is 1.85 bits per heavy atom. The van der Waals surface area contributed by atoms with E-state index in [1.54, 1.807) is 0 Å². The van der Waals surface area contributed by atoms with Crippen molar-refractivity contribution in [1.82, 2.24) is 14.9 Å². The first-order valence-electron chi connectivity index (χ1n) is 7.76. The number of nitrogens with one attached hydrogen (secondary N) is 2. The van der Waals surface area contributed by atoms with Gasteiger partial charge in [0.05, 0.1) is 0 Å². The number of aromatic nitrogens is 2. The molecule has 112 valence electrons. The van der Waals surface area contributed by atoms with Crippen molar-refractivity contribution in [2.75, 3.05) is 36.8 Å². The molecule has 5 heteroatoms. The molecule has 1 atom stereocenters. The van der Waals surface area contributed by atoms with Gasteiger partial charge in [0, 0.05) is 25.2 Å². The Kier molecular flexibility index (Phi) is 5.59. The molecule has 1 aliphatic rings. The Labute approximate surface area is 122 Å². The van der Waals surface area contributed by atoms with Gasteiger partial charge in [-0.15, -0.1) is 0 Å². The van der Waals surface area contributed by atoms with Gasteiger partial charge in [-0.1, -0.05) is 6.92 Å². The maximum Gasteiger partial charge on any atom is 0.131 e. The van der Waals surface area contributed by atoms with E-state index in [4.69, 9.17) is 0 Å². The van der Waals surface area contributed by atoms with Gasteiger partial charge in [0.1, 0.15) is 17.5 Å². The van der Waals surface area contributed by atoms with Gasteiger partial charge in [-0.05, 0) is 46.2 Å². The van der Waals surface area contributed by atoms with E-state index in [9.17, 15) is 0 Å². The maximum atomic E-state index is 4.46. The molecule has 1 aromatic rings. The van der Waals surface area contributed by atoms with Crippen LogP contribution in [0.4, 0.5) is 11.6 Å². The van der Waals surface area contributed by atoms with E-state index < -0.39 is 0 Å². The van der Waals surface area contributed by atoms with Gasteiger partial charge < -0.3 is 10.6 Å². The summed E-state index contributed by atoms with van der Waals surface area (Å²) in [5.74, 6) is 2.64. The van der Waals surface area contributed by atoms with Crippen LogP contribution in [0.3, 0.4) is 0 Å². The SMILES string of the molecule is CCCNc1cc(NCC(C)N2CCCC2)nc(C)n1. The Morgan fingerprint density at radius 3 is 2.50 bits per heavy atom. The molecule has 2 heterocycles. The predicted molar refractivity (Wildman–Crippen MR) is 84.3 cm³/mol. The molecule has 0 saturated carbocycles. The largest absolute Gasteiger partial charge is 0.370 e. The van der Waals surface area contributed by atoms with Crippen molar-refractivity contribution in [3.05, 3.63) is 11.9 Å². The van der Waals surface area contributed by atoms with Crippen LogP contribution in [-0.2, 0) is 0 Å². The third-order valence-electron chi connectivity index (χ3n) is 3.74. The summed E-state index contributed by atoms with van der Waals surface area (Å²) in [6.07, 6.45) is 3.77. The maximum absolute atomic E-state index is 4.46. The molecule has 0 spiro atoms. The Bertz CT molecular complexity index is 415. The Balaban J connectivity index is 1.89. The van der Waals surface area contributed by atoms with Crippen LogP contribution in [0.2, 0.25) is 0 Å². The van der Waals surface area contributed by atoms with E-state index >= 15 is 0 Å². The van der Waals surface area contributed by atoms with Crippen LogP contribution in [0.25, 0.3) is 0 Å². The Hall–Kier alpha value is -1.36. The van der Waals surface area contributed by atoms with Crippen LogP contribution in [-0.4, -0.2) is 47.1 Å². The molecule has 2 rings (SSSR count). The summed E-state index contributed by atoms with van der Waals surface area (Å²) in [6.45, 7) is 10.7. The van der Waals surface area contributed by atoms with Crippen LogP contribution >= 0.6 is 0 Å². The van der Waals surface area contributed by atoms with Gasteiger partial charge in [-0.2, -0.15) is 0 Å². The molecule has 1 aliphatic heterocycles. The lowest BCUT2D eigenvalue weighted by Gasteiger charge is -2.24. The predicted octanol–water partition coefficient (Wildman–Crippen LogP) is 2.50. The number of rotatable bonds is 7. The summed E-state index contributed by atoms with van der Waals surface area (Å²) in [6, 6.07) is 2.55. The number of anilines is 2. The average molecular weight is 277 g/mol. The third kappa shape index (κ3) is 4.34. The first-order chi connectivity index (χ1) is 9.69. The second-order valence-corrected chi connectivity index (χ2v) is 5.59. The highest BCUT2D eigenvalue weighted by Gasteiger charge is 2.17. The molecule has 5 nitrogen and oxygen atoms in total. The van der Waals surface area contributed by atoms with Gasteiger partial charge in [-0.25, -0.2) is 9.97 Å². The van der Waals surface area contributed by atoms with E-state index in [0.29, 0.717) is 6.04 Å². The molecule has 1 saturated heterocycles. The van der Waals surface area contributed by atoms with Gasteiger partial charge >= 0.3 is 0 Å². The number of hydrogen-bond acceptors (Lipinski definition) is 5. The van der Waals surface area contributed by atoms with Gasteiger partial charge in [0.2, 0.25) is 0 Å². The normalized spacial score (nSPS) is 17.1. The van der Waals surface area contributed by atoms with Gasteiger partial charge in [0.15, 0.2) is 0 Å². The first kappa shape index (κ1) is 15.0. The van der Waals surface area contributed by atoms with Crippen molar-refractivity contribution in [2.24, 2.45) is 0 Å². The van der Waals surface area contributed by atoms with Crippen LogP contribution in [0.5, 0.6) is 0 Å². The third-order valence-corrected chi connectivity index (χ3v) is 3.74. The minimum Gasteiger partial charge on any atom is -0.370 e. The molecule has 1 aromatic heterocycles. The smallest absolute Gasteiger partial charge is 0.131 e. The first-order valence-corrected chi connectivity index (χ1v) is 7.76. The monoisotopic (exact) mass is 277 g/mol. The quantitative estimate of drug-likeness (QED) is 0.802. The highest BCUT2D eigenvalue weighted by atomic mass is 15.2. The van der Waals surface area contributed by atoms with Crippen molar-refractivity contribution in [3.63, 3.8) is 0 Å². The highest BCUT2D eigenvalue weighted by Crippen LogP contribution is 2.14. The van der Waals surface area contributed by atoms with E-state index in [1.807, 2.05) is 13.0 Å². The van der Waals surface area contributed by atoms with E-state index in [1.165, 1.54) is 25.9 Å². The number of nitrogens with zero attached hydrogens (tertiary/aromatic N) is 3. The lowest BCUT2D eigenvalue weighted by molar-refractivity contribution is 0.269. The van der Waals surface area contributed by atoms with Gasteiger partial charge in [0.25, 0.3) is 0 Å². The van der Waals surface area contributed by atoms with E-state index in [2.05, 4.69) is 39.3 Å². The summed E-state index contributed by atoms with van der Waals surface area (Å²) in [7, 11) is 0. The van der Waals surface area contributed by atoms with Crippen molar-refractivity contribution >= 4 is 11.6 Å². The summed E-state index contributed by atoms with van der Waals surface area (Å²) in [4.78, 5) is 11.4. The molecule has 2 N–H and O–H groups in total. The van der Waals surface area contributed by atoms with Crippen molar-refractivity contribution in [2.45, 2.75) is 46.1 Å². The van der Waals surface area contributed by atoms with E-state index in [0.717, 1.165) is 37.0 Å². The fourth-order valence-electron chi connectivity index (χ4n) is 2.57. The lowest BCUT2D eigenvalue weighted by atomic mass is 10.3. The fourth-order valence-corrected chi connectivity index (χ4v) is 2.57. The van der Waals surface area contributed by atoms with E-state index in [-0.39, 0.29) is 0 Å². The zero-order valence-corrected chi connectivity index (χ0v) is 12.9. The molecule has 0 bridgehead atoms. The van der Waals surface area contributed by atoms with Crippen LogP contribution < -0.4 is 10.6 Å². The minimum atomic E-state index is 0.555. The van der Waals surface area contributed by atoms with Crippen molar-refractivity contribution in [1.29, 1.82) is 0 Å². The second-order valence-electron chi connectivity index (χ2n) is 5.59. The molecule has 20 heavy (non-hydrogen) atoms. The number of hydrogen-bond donors (Lipinski definition) is 2. The second kappa shape index (κ2) is 7.43. The molecule has 1 unspecified atom stereocenters. The zero-order chi connectivity index (χ0) is 14.4. The highest BCUT2D eigenvalue weighted by molar-refractivity contribution is 5.47. The zero-order valence-electron chi connectivity index (χ0n) is 12.9. The topological polar surface area (TPSA) is 53.1 Å². The van der Waals surface area contributed by atoms with Crippen LogP contribution in [0, 0.1) is 6.92 Å². The lowest BCUT2D eigenvalue weighted by Crippen LogP contribution is -2.35. The molecule has 0 aromatic carbocycles. The molecule has 0 amide bonds. The van der Waals surface area contributed by atoms with Gasteiger partial charge in [-0.3, -0.25) is 4.90 Å². The minimum absolute atomic E-state index is 0.555.